The van der Waals surface area contributed by atoms with Gasteiger partial charge >= 0.3 is 0 Å². The zero-order valence-electron chi connectivity index (χ0n) is 12.2. The van der Waals surface area contributed by atoms with Crippen LogP contribution in [0.3, 0.4) is 0 Å². The fraction of sp³-hybridized carbons (Fsp3) is 0.467. The summed E-state index contributed by atoms with van der Waals surface area (Å²) in [7, 11) is 1.66. The normalized spacial score (nSPS) is 11.0. The molecular formula is C15H21NO3. The maximum atomic E-state index is 11.0. The monoisotopic (exact) mass is 263 g/mol. The number of ether oxygens (including phenoxy) is 1. The van der Waals surface area contributed by atoms with Gasteiger partial charge in [-0.25, -0.2) is 0 Å². The van der Waals surface area contributed by atoms with Crippen LogP contribution in [0.15, 0.2) is 12.1 Å². The van der Waals surface area contributed by atoms with Crippen molar-refractivity contribution >= 4 is 12.2 Å². The lowest BCUT2D eigenvalue weighted by molar-refractivity contribution is -0.131. The van der Waals surface area contributed by atoms with Crippen LogP contribution in [-0.4, -0.2) is 25.8 Å². The SMILES string of the molecule is COc1c(C)cc(C(C)(C)CNC(=O)C=O)cc1C. The number of aryl methyl sites for hydroxylation is 2. The van der Waals surface area contributed by atoms with Gasteiger partial charge in [-0.2, -0.15) is 0 Å². The molecule has 4 nitrogen and oxygen atoms in total. The van der Waals surface area contributed by atoms with Gasteiger partial charge in [-0.15, -0.1) is 0 Å². The Morgan fingerprint density at radius 2 is 1.84 bits per heavy atom. The van der Waals surface area contributed by atoms with E-state index in [0.29, 0.717) is 12.8 Å². The van der Waals surface area contributed by atoms with E-state index < -0.39 is 5.91 Å². The van der Waals surface area contributed by atoms with Gasteiger partial charge in [0.25, 0.3) is 5.91 Å². The van der Waals surface area contributed by atoms with E-state index in [9.17, 15) is 9.59 Å². The highest BCUT2D eigenvalue weighted by Crippen LogP contribution is 2.30. The molecule has 0 aliphatic heterocycles. The Kier molecular flexibility index (Phi) is 4.70. The zero-order chi connectivity index (χ0) is 14.6. The van der Waals surface area contributed by atoms with Gasteiger partial charge in [-0.1, -0.05) is 26.0 Å². The second-order valence-electron chi connectivity index (χ2n) is 5.36. The third-order valence-corrected chi connectivity index (χ3v) is 3.26. The summed E-state index contributed by atoms with van der Waals surface area (Å²) in [6.45, 7) is 8.46. The minimum Gasteiger partial charge on any atom is -0.496 e. The van der Waals surface area contributed by atoms with Crippen LogP contribution in [0.1, 0.15) is 30.5 Å². The first kappa shape index (κ1) is 15.2. The minimum absolute atomic E-state index is 0.250. The number of amides is 1. The second-order valence-corrected chi connectivity index (χ2v) is 5.36. The lowest BCUT2D eigenvalue weighted by Gasteiger charge is -2.27. The van der Waals surface area contributed by atoms with Gasteiger partial charge in [-0.3, -0.25) is 9.59 Å². The second kappa shape index (κ2) is 5.87. The Balaban J connectivity index is 3.01. The van der Waals surface area contributed by atoms with Crippen LogP contribution < -0.4 is 10.1 Å². The summed E-state index contributed by atoms with van der Waals surface area (Å²) in [4.78, 5) is 21.3. The fourth-order valence-corrected chi connectivity index (χ4v) is 2.11. The molecule has 0 saturated heterocycles. The summed E-state index contributed by atoms with van der Waals surface area (Å²) in [6, 6.07) is 4.11. The number of nitrogens with one attached hydrogen (secondary N) is 1. The van der Waals surface area contributed by atoms with Crippen LogP contribution in [0, 0.1) is 13.8 Å². The quantitative estimate of drug-likeness (QED) is 0.652. The van der Waals surface area contributed by atoms with Crippen molar-refractivity contribution in [3.8, 4) is 5.75 Å². The van der Waals surface area contributed by atoms with Gasteiger partial charge in [0.05, 0.1) is 7.11 Å². The van der Waals surface area contributed by atoms with E-state index in [-0.39, 0.29) is 5.41 Å². The predicted octanol–water partition coefficient (Wildman–Crippen LogP) is 1.90. The molecule has 0 radical (unpaired) electrons. The summed E-state index contributed by atoms with van der Waals surface area (Å²) in [6.07, 6.45) is 0.292. The number of carbonyl (C=O) groups is 2. The van der Waals surface area contributed by atoms with Crippen molar-refractivity contribution in [1.29, 1.82) is 0 Å². The highest BCUT2D eigenvalue weighted by atomic mass is 16.5. The van der Waals surface area contributed by atoms with Gasteiger partial charge in [-0.05, 0) is 30.5 Å². The molecule has 1 aromatic carbocycles. The van der Waals surface area contributed by atoms with Crippen molar-refractivity contribution in [2.24, 2.45) is 0 Å². The molecule has 1 aromatic rings. The van der Waals surface area contributed by atoms with Gasteiger partial charge in [0.15, 0.2) is 0 Å². The van der Waals surface area contributed by atoms with Crippen molar-refractivity contribution in [2.75, 3.05) is 13.7 Å². The van der Waals surface area contributed by atoms with Crippen molar-refractivity contribution in [1.82, 2.24) is 5.32 Å². The van der Waals surface area contributed by atoms with E-state index in [4.69, 9.17) is 4.74 Å². The molecule has 1 N–H and O–H groups in total. The summed E-state index contributed by atoms with van der Waals surface area (Å²) >= 11 is 0. The predicted molar refractivity (Wildman–Crippen MR) is 74.6 cm³/mol. The molecule has 0 saturated carbocycles. The van der Waals surface area contributed by atoms with Crippen LogP contribution >= 0.6 is 0 Å². The van der Waals surface area contributed by atoms with Gasteiger partial charge < -0.3 is 10.1 Å². The number of hydrogen-bond donors (Lipinski definition) is 1. The van der Waals surface area contributed by atoms with E-state index >= 15 is 0 Å². The first-order valence-electron chi connectivity index (χ1n) is 6.20. The Labute approximate surface area is 114 Å². The van der Waals surface area contributed by atoms with Crippen molar-refractivity contribution in [2.45, 2.75) is 33.1 Å². The average Bonchev–Trinajstić information content (AvgIpc) is 2.35. The molecule has 1 rings (SSSR count). The van der Waals surface area contributed by atoms with Crippen LogP contribution in [0.2, 0.25) is 0 Å². The molecule has 0 bridgehead atoms. The third-order valence-electron chi connectivity index (χ3n) is 3.26. The Morgan fingerprint density at radius 3 is 2.26 bits per heavy atom. The van der Waals surface area contributed by atoms with Crippen molar-refractivity contribution < 1.29 is 14.3 Å². The van der Waals surface area contributed by atoms with Crippen molar-refractivity contribution in [3.05, 3.63) is 28.8 Å². The molecule has 0 aromatic heterocycles. The Hall–Kier alpha value is -1.84. The molecule has 0 aliphatic rings. The summed E-state index contributed by atoms with van der Waals surface area (Å²) < 4.78 is 5.34. The number of hydrogen-bond acceptors (Lipinski definition) is 3. The number of methoxy groups -OCH3 is 1. The molecule has 0 unspecified atom stereocenters. The number of benzene rings is 1. The van der Waals surface area contributed by atoms with E-state index in [1.807, 2.05) is 27.7 Å². The van der Waals surface area contributed by atoms with Gasteiger partial charge in [0.1, 0.15) is 5.75 Å². The molecule has 104 valence electrons. The minimum atomic E-state index is -0.588. The molecule has 4 heteroatoms. The summed E-state index contributed by atoms with van der Waals surface area (Å²) in [5, 5.41) is 2.60. The molecule has 19 heavy (non-hydrogen) atoms. The smallest absolute Gasteiger partial charge is 0.284 e. The third kappa shape index (κ3) is 3.56. The highest BCUT2D eigenvalue weighted by Gasteiger charge is 2.23. The van der Waals surface area contributed by atoms with E-state index in [2.05, 4.69) is 17.4 Å². The molecule has 0 heterocycles. The highest BCUT2D eigenvalue weighted by molar-refractivity contribution is 6.23. The number of rotatable bonds is 5. The van der Waals surface area contributed by atoms with E-state index in [1.54, 1.807) is 7.11 Å². The van der Waals surface area contributed by atoms with Crippen molar-refractivity contribution in [3.63, 3.8) is 0 Å². The Bertz CT molecular complexity index is 469. The molecule has 0 fully saturated rings. The maximum absolute atomic E-state index is 11.0. The topological polar surface area (TPSA) is 55.4 Å². The van der Waals surface area contributed by atoms with Crippen LogP contribution in [0.25, 0.3) is 0 Å². The van der Waals surface area contributed by atoms with Gasteiger partial charge in [0.2, 0.25) is 6.29 Å². The first-order chi connectivity index (χ1) is 8.81. The molecular weight excluding hydrogens is 242 g/mol. The zero-order valence-corrected chi connectivity index (χ0v) is 12.2. The standard InChI is InChI=1S/C15H21NO3/c1-10-6-12(7-11(2)14(10)19-5)15(3,4)9-16-13(18)8-17/h6-8H,9H2,1-5H3,(H,16,18). The largest absolute Gasteiger partial charge is 0.496 e. The Morgan fingerprint density at radius 1 is 1.32 bits per heavy atom. The van der Waals surface area contributed by atoms with Crippen LogP contribution in [0.5, 0.6) is 5.75 Å². The lowest BCUT2D eigenvalue weighted by atomic mass is 9.82. The molecule has 0 atom stereocenters. The fourth-order valence-electron chi connectivity index (χ4n) is 2.11. The summed E-state index contributed by atoms with van der Waals surface area (Å²) in [5.74, 6) is 0.298. The number of aldehydes is 1. The van der Waals surface area contributed by atoms with Crippen LogP contribution in [-0.2, 0) is 15.0 Å². The van der Waals surface area contributed by atoms with Crippen LogP contribution in [0.4, 0.5) is 0 Å². The average molecular weight is 263 g/mol. The molecule has 1 amide bonds. The first-order valence-corrected chi connectivity index (χ1v) is 6.20. The number of carbonyl (C=O) groups excluding carboxylic acids is 2. The van der Waals surface area contributed by atoms with Gasteiger partial charge in [0, 0.05) is 12.0 Å². The molecule has 0 aliphatic carbocycles. The van der Waals surface area contributed by atoms with E-state index in [0.717, 1.165) is 22.4 Å². The lowest BCUT2D eigenvalue weighted by Crippen LogP contribution is -2.37. The van der Waals surface area contributed by atoms with E-state index in [1.165, 1.54) is 0 Å². The maximum Gasteiger partial charge on any atom is 0.284 e. The molecule has 0 spiro atoms. The summed E-state index contributed by atoms with van der Waals surface area (Å²) in [5.41, 5.74) is 2.98.